The number of rotatable bonds is 6. The molecule has 0 saturated heterocycles. The van der Waals surface area contributed by atoms with Crippen LogP contribution in [0.15, 0.2) is 40.9 Å². The maximum Gasteiger partial charge on any atom is 0.256 e. The van der Waals surface area contributed by atoms with Crippen LogP contribution < -0.4 is 10.0 Å². The maximum absolute atomic E-state index is 13.4. The van der Waals surface area contributed by atoms with Crippen LogP contribution in [0.5, 0.6) is 0 Å². The highest BCUT2D eigenvalue weighted by molar-refractivity contribution is 9.10. The molecule has 2 N–H and O–H groups in total. The lowest BCUT2D eigenvalue weighted by Gasteiger charge is -2.14. The number of benzene rings is 2. The van der Waals surface area contributed by atoms with Gasteiger partial charge in [-0.2, -0.15) is 0 Å². The van der Waals surface area contributed by atoms with E-state index in [1.54, 1.807) is 32.0 Å². The standard InChI is InChI=1S/C17H18BrFN2O3S/c1-3-9-25(23,24)21-16-6-4-5-15(11(16)2)20-17(22)13-10-12(19)7-8-14(13)18/h4-8,10,21H,3,9H2,1-2H3,(H,20,22). The van der Waals surface area contributed by atoms with Crippen molar-refractivity contribution < 1.29 is 17.6 Å². The van der Waals surface area contributed by atoms with E-state index >= 15 is 0 Å². The van der Waals surface area contributed by atoms with Crippen molar-refractivity contribution in [2.45, 2.75) is 20.3 Å². The van der Waals surface area contributed by atoms with E-state index in [1.165, 1.54) is 12.1 Å². The first kappa shape index (κ1) is 19.4. The van der Waals surface area contributed by atoms with E-state index in [-0.39, 0.29) is 11.3 Å². The van der Waals surface area contributed by atoms with Crippen molar-refractivity contribution in [1.29, 1.82) is 0 Å². The third kappa shape index (κ3) is 5.02. The number of anilines is 2. The summed E-state index contributed by atoms with van der Waals surface area (Å²) in [5, 5.41) is 2.68. The maximum atomic E-state index is 13.4. The number of carbonyl (C=O) groups is 1. The minimum Gasteiger partial charge on any atom is -0.322 e. The molecule has 5 nitrogen and oxygen atoms in total. The minimum absolute atomic E-state index is 0.0132. The van der Waals surface area contributed by atoms with E-state index in [9.17, 15) is 17.6 Å². The molecule has 1 amide bonds. The summed E-state index contributed by atoms with van der Waals surface area (Å²) in [6.07, 6.45) is 0.498. The molecule has 25 heavy (non-hydrogen) atoms. The van der Waals surface area contributed by atoms with Crippen LogP contribution in [0.25, 0.3) is 0 Å². The Hall–Kier alpha value is -1.93. The molecule has 2 rings (SSSR count). The fourth-order valence-corrected chi connectivity index (χ4v) is 3.85. The van der Waals surface area contributed by atoms with Gasteiger partial charge in [-0.25, -0.2) is 12.8 Å². The van der Waals surface area contributed by atoms with Crippen LogP contribution >= 0.6 is 15.9 Å². The van der Waals surface area contributed by atoms with Crippen LogP contribution in [-0.4, -0.2) is 20.1 Å². The van der Waals surface area contributed by atoms with Gasteiger partial charge in [0.05, 0.1) is 17.0 Å². The molecule has 0 spiro atoms. The number of sulfonamides is 1. The number of amides is 1. The smallest absolute Gasteiger partial charge is 0.256 e. The van der Waals surface area contributed by atoms with E-state index in [1.807, 2.05) is 0 Å². The molecule has 2 aromatic rings. The summed E-state index contributed by atoms with van der Waals surface area (Å²) in [5.74, 6) is -1.01. The third-order valence-corrected chi connectivity index (χ3v) is 5.66. The number of carbonyl (C=O) groups excluding carboxylic acids is 1. The molecular weight excluding hydrogens is 411 g/mol. The van der Waals surface area contributed by atoms with Crippen LogP contribution in [0.2, 0.25) is 0 Å². The lowest BCUT2D eigenvalue weighted by atomic mass is 10.1. The zero-order valence-corrected chi connectivity index (χ0v) is 16.2. The molecule has 0 atom stereocenters. The normalized spacial score (nSPS) is 11.2. The summed E-state index contributed by atoms with van der Waals surface area (Å²) in [5.41, 5.74) is 1.56. The van der Waals surface area contributed by atoms with Gasteiger partial charge in [-0.15, -0.1) is 0 Å². The van der Waals surface area contributed by atoms with Gasteiger partial charge in [0.15, 0.2) is 0 Å². The first-order valence-corrected chi connectivity index (χ1v) is 10.0. The van der Waals surface area contributed by atoms with Crippen LogP contribution in [0.3, 0.4) is 0 Å². The molecule has 0 radical (unpaired) electrons. The van der Waals surface area contributed by atoms with Crippen molar-refractivity contribution in [2.24, 2.45) is 0 Å². The van der Waals surface area contributed by atoms with Gasteiger partial charge in [0.2, 0.25) is 10.0 Å². The van der Waals surface area contributed by atoms with Crippen molar-refractivity contribution in [1.82, 2.24) is 0 Å². The number of halogens is 2. The highest BCUT2D eigenvalue weighted by Crippen LogP contribution is 2.26. The van der Waals surface area contributed by atoms with Gasteiger partial charge >= 0.3 is 0 Å². The molecule has 0 aromatic heterocycles. The predicted octanol–water partition coefficient (Wildman–Crippen LogP) is 4.30. The van der Waals surface area contributed by atoms with Gasteiger partial charge in [-0.3, -0.25) is 9.52 Å². The first-order chi connectivity index (χ1) is 11.7. The second-order valence-corrected chi connectivity index (χ2v) is 8.17. The molecular formula is C17H18BrFN2O3S. The summed E-state index contributed by atoms with van der Waals surface area (Å²) < 4.78 is 40.2. The number of hydrogen-bond donors (Lipinski definition) is 2. The van der Waals surface area contributed by atoms with Gasteiger partial charge in [-0.05, 0) is 65.2 Å². The SMILES string of the molecule is CCCS(=O)(=O)Nc1cccc(NC(=O)c2cc(F)ccc2Br)c1C. The zero-order chi connectivity index (χ0) is 18.6. The highest BCUT2D eigenvalue weighted by atomic mass is 79.9. The first-order valence-electron chi connectivity index (χ1n) is 7.60. The zero-order valence-electron chi connectivity index (χ0n) is 13.8. The monoisotopic (exact) mass is 428 g/mol. The second-order valence-electron chi connectivity index (χ2n) is 5.48. The van der Waals surface area contributed by atoms with E-state index in [4.69, 9.17) is 0 Å². The molecule has 0 bridgehead atoms. The Kier molecular flexibility index (Phi) is 6.18. The quantitative estimate of drug-likeness (QED) is 0.719. The van der Waals surface area contributed by atoms with Crippen molar-refractivity contribution in [2.75, 3.05) is 15.8 Å². The summed E-state index contributed by atoms with van der Waals surface area (Å²) in [7, 11) is -3.44. The average Bonchev–Trinajstić information content (AvgIpc) is 2.53. The highest BCUT2D eigenvalue weighted by Gasteiger charge is 2.15. The molecule has 134 valence electrons. The van der Waals surface area contributed by atoms with Gasteiger partial charge in [0, 0.05) is 10.2 Å². The van der Waals surface area contributed by atoms with Crippen LogP contribution in [0.4, 0.5) is 15.8 Å². The van der Waals surface area contributed by atoms with E-state index in [0.717, 1.165) is 6.07 Å². The molecule has 0 aliphatic rings. The minimum atomic E-state index is -3.44. The molecule has 2 aromatic carbocycles. The topological polar surface area (TPSA) is 75.3 Å². The Labute approximate surface area is 154 Å². The molecule has 0 aliphatic carbocycles. The van der Waals surface area contributed by atoms with Crippen LogP contribution in [-0.2, 0) is 10.0 Å². The fraction of sp³-hybridized carbons (Fsp3) is 0.235. The lowest BCUT2D eigenvalue weighted by molar-refractivity contribution is 0.102. The van der Waals surface area contributed by atoms with Crippen LogP contribution in [0.1, 0.15) is 29.3 Å². The van der Waals surface area contributed by atoms with E-state index in [2.05, 4.69) is 26.0 Å². The molecule has 0 heterocycles. The fourth-order valence-electron chi connectivity index (χ4n) is 2.23. The van der Waals surface area contributed by atoms with Gasteiger partial charge in [-0.1, -0.05) is 13.0 Å². The van der Waals surface area contributed by atoms with Crippen molar-refractivity contribution in [3.05, 3.63) is 57.8 Å². The Morgan fingerprint density at radius 1 is 1.20 bits per heavy atom. The average molecular weight is 429 g/mol. The molecule has 0 aliphatic heterocycles. The molecule has 0 fully saturated rings. The van der Waals surface area contributed by atoms with Crippen molar-refractivity contribution >= 4 is 43.2 Å². The Balaban J connectivity index is 2.27. The third-order valence-electron chi connectivity index (χ3n) is 3.49. The number of nitrogens with one attached hydrogen (secondary N) is 2. The second kappa shape index (κ2) is 7.97. The lowest BCUT2D eigenvalue weighted by Crippen LogP contribution is -2.18. The van der Waals surface area contributed by atoms with E-state index in [0.29, 0.717) is 27.8 Å². The van der Waals surface area contributed by atoms with Crippen LogP contribution in [0, 0.1) is 12.7 Å². The molecule has 0 unspecified atom stereocenters. The molecule has 8 heteroatoms. The van der Waals surface area contributed by atoms with Gasteiger partial charge in [0.1, 0.15) is 5.82 Å². The summed E-state index contributed by atoms with van der Waals surface area (Å²) >= 11 is 3.22. The number of hydrogen-bond acceptors (Lipinski definition) is 3. The van der Waals surface area contributed by atoms with Gasteiger partial charge in [0.25, 0.3) is 5.91 Å². The van der Waals surface area contributed by atoms with E-state index < -0.39 is 21.7 Å². The largest absolute Gasteiger partial charge is 0.322 e. The Morgan fingerprint density at radius 3 is 2.56 bits per heavy atom. The molecule has 0 saturated carbocycles. The van der Waals surface area contributed by atoms with Crippen molar-refractivity contribution in [3.63, 3.8) is 0 Å². The van der Waals surface area contributed by atoms with Crippen molar-refractivity contribution in [3.8, 4) is 0 Å². The summed E-state index contributed by atoms with van der Waals surface area (Å²) in [6, 6.07) is 8.73. The van der Waals surface area contributed by atoms with Gasteiger partial charge < -0.3 is 5.32 Å². The summed E-state index contributed by atoms with van der Waals surface area (Å²) in [4.78, 5) is 12.4. The predicted molar refractivity (Wildman–Crippen MR) is 101 cm³/mol. The Bertz CT molecular complexity index is 901. The Morgan fingerprint density at radius 2 is 1.88 bits per heavy atom. The summed E-state index contributed by atoms with van der Waals surface area (Å²) in [6.45, 7) is 3.47.